The summed E-state index contributed by atoms with van der Waals surface area (Å²) in [6.07, 6.45) is 0. The number of H-pyrrole nitrogens is 2. The van der Waals surface area contributed by atoms with Crippen molar-refractivity contribution in [2.75, 3.05) is 0 Å². The minimum atomic E-state index is -0.542. The molecule has 6 heteroatoms. The lowest BCUT2D eigenvalue weighted by molar-refractivity contribution is -0.643. The summed E-state index contributed by atoms with van der Waals surface area (Å²) in [5, 5.41) is 10.8. The zero-order valence-corrected chi connectivity index (χ0v) is 10.2. The van der Waals surface area contributed by atoms with Crippen LogP contribution in [0.1, 0.15) is 6.92 Å². The summed E-state index contributed by atoms with van der Waals surface area (Å²) in [5.74, 6) is 0.140. The summed E-state index contributed by atoms with van der Waals surface area (Å²) in [4.78, 5) is 28.1. The fourth-order valence-electron chi connectivity index (χ4n) is 2.32. The number of aromatic nitrogens is 3. The summed E-state index contributed by atoms with van der Waals surface area (Å²) >= 11 is 0. The van der Waals surface area contributed by atoms with Gasteiger partial charge in [0.25, 0.3) is 11.2 Å². The number of phenols is 1. The van der Waals surface area contributed by atoms with Crippen molar-refractivity contribution in [1.82, 2.24) is 9.97 Å². The molecule has 0 aliphatic rings. The van der Waals surface area contributed by atoms with Gasteiger partial charge in [-0.1, -0.05) is 0 Å². The number of nitrogens with one attached hydrogen (secondary N) is 2. The van der Waals surface area contributed by atoms with E-state index in [-0.39, 0.29) is 5.75 Å². The third-order valence-electron chi connectivity index (χ3n) is 3.15. The zero-order chi connectivity index (χ0) is 13.6. The van der Waals surface area contributed by atoms with Crippen molar-refractivity contribution in [3.8, 4) is 5.75 Å². The monoisotopic (exact) mass is 258 g/mol. The Hall–Kier alpha value is -2.63. The molecule has 0 atom stereocenters. The second-order valence-corrected chi connectivity index (χ2v) is 4.30. The second-order valence-electron chi connectivity index (χ2n) is 4.30. The Morgan fingerprint density at radius 1 is 1.21 bits per heavy atom. The molecule has 6 nitrogen and oxygen atoms in total. The van der Waals surface area contributed by atoms with Gasteiger partial charge in [0, 0.05) is 11.5 Å². The molecule has 1 aromatic carbocycles. The first-order valence-corrected chi connectivity index (χ1v) is 5.92. The number of fused-ring (bicyclic) bond motifs is 2. The topological polar surface area (TPSA) is 89.8 Å². The lowest BCUT2D eigenvalue weighted by Crippen LogP contribution is -2.39. The Balaban J connectivity index is 2.64. The van der Waals surface area contributed by atoms with Crippen molar-refractivity contribution < 1.29 is 9.67 Å². The SMILES string of the molecule is CC[n+]1c2cc(O)ccc2cc2c(=O)[nH]c(=O)[nH]c21. The molecule has 2 aromatic heterocycles. The summed E-state index contributed by atoms with van der Waals surface area (Å²) in [6.45, 7) is 2.47. The van der Waals surface area contributed by atoms with Crippen LogP contribution in [0.25, 0.3) is 21.9 Å². The number of phenolic OH excluding ortho intramolecular Hbond substituents is 1. The molecule has 0 bridgehead atoms. The molecule has 0 unspecified atom stereocenters. The van der Waals surface area contributed by atoms with Crippen LogP contribution in [0.3, 0.4) is 0 Å². The molecule has 3 rings (SSSR count). The van der Waals surface area contributed by atoms with E-state index in [1.807, 2.05) is 6.92 Å². The van der Waals surface area contributed by atoms with Crippen LogP contribution in [0.15, 0.2) is 33.9 Å². The largest absolute Gasteiger partial charge is 0.508 e. The molecule has 0 fully saturated rings. The highest BCUT2D eigenvalue weighted by atomic mass is 16.3. The number of pyridine rings is 1. The van der Waals surface area contributed by atoms with Crippen LogP contribution in [0.4, 0.5) is 0 Å². The van der Waals surface area contributed by atoms with E-state index in [1.54, 1.807) is 28.8 Å². The average molecular weight is 258 g/mol. The quantitative estimate of drug-likeness (QED) is 0.435. The number of hydrogen-bond acceptors (Lipinski definition) is 3. The zero-order valence-electron chi connectivity index (χ0n) is 10.2. The van der Waals surface area contributed by atoms with Gasteiger partial charge in [-0.25, -0.2) is 9.36 Å². The maximum atomic E-state index is 11.8. The summed E-state index contributed by atoms with van der Waals surface area (Å²) in [6, 6.07) is 6.61. The fraction of sp³-hybridized carbons (Fsp3) is 0.154. The smallest absolute Gasteiger partial charge is 0.413 e. The van der Waals surface area contributed by atoms with E-state index in [1.165, 1.54) is 0 Å². The molecule has 3 aromatic rings. The normalized spacial score (nSPS) is 11.2. The third kappa shape index (κ3) is 1.69. The summed E-state index contributed by atoms with van der Waals surface area (Å²) in [7, 11) is 0. The number of benzene rings is 1. The Bertz CT molecular complexity index is 909. The minimum absolute atomic E-state index is 0.140. The molecular weight excluding hydrogens is 246 g/mol. The van der Waals surface area contributed by atoms with Crippen molar-refractivity contribution in [3.05, 3.63) is 45.1 Å². The Morgan fingerprint density at radius 3 is 2.74 bits per heavy atom. The van der Waals surface area contributed by atoms with Gasteiger partial charge in [0.1, 0.15) is 16.7 Å². The number of aryl methyl sites for hydroxylation is 1. The number of aromatic amines is 2. The molecule has 0 radical (unpaired) electrons. The van der Waals surface area contributed by atoms with Crippen LogP contribution >= 0.6 is 0 Å². The van der Waals surface area contributed by atoms with Crippen LogP contribution in [0.2, 0.25) is 0 Å². The van der Waals surface area contributed by atoms with Gasteiger partial charge in [-0.2, -0.15) is 4.98 Å². The lowest BCUT2D eigenvalue weighted by Gasteiger charge is -2.05. The van der Waals surface area contributed by atoms with Crippen LogP contribution in [0, 0.1) is 0 Å². The van der Waals surface area contributed by atoms with Gasteiger partial charge in [0.2, 0.25) is 0 Å². The van der Waals surface area contributed by atoms with Crippen molar-refractivity contribution in [2.45, 2.75) is 13.5 Å². The highest BCUT2D eigenvalue weighted by molar-refractivity contribution is 5.87. The maximum Gasteiger partial charge on any atom is 0.413 e. The molecule has 0 aliphatic heterocycles. The fourth-order valence-corrected chi connectivity index (χ4v) is 2.32. The van der Waals surface area contributed by atoms with E-state index in [0.717, 1.165) is 10.9 Å². The standard InChI is InChI=1S/C13H11N3O3/c1-2-16-10-6-8(17)4-3-7(10)5-9-11(16)14-13(19)15-12(9)18/h3-6H,2H2,1H3,(H2,14,15,17,18,19)/p+1. The van der Waals surface area contributed by atoms with Crippen LogP contribution in [-0.4, -0.2) is 15.1 Å². The van der Waals surface area contributed by atoms with Crippen molar-refractivity contribution in [2.24, 2.45) is 0 Å². The number of hydrogen-bond donors (Lipinski definition) is 3. The first-order valence-electron chi connectivity index (χ1n) is 5.92. The van der Waals surface area contributed by atoms with Gasteiger partial charge >= 0.3 is 5.69 Å². The first-order chi connectivity index (χ1) is 9.10. The van der Waals surface area contributed by atoms with E-state index in [9.17, 15) is 14.7 Å². The molecule has 0 saturated heterocycles. The van der Waals surface area contributed by atoms with Crippen LogP contribution in [-0.2, 0) is 6.54 Å². The van der Waals surface area contributed by atoms with Gasteiger partial charge in [-0.3, -0.25) is 9.78 Å². The van der Waals surface area contributed by atoms with Crippen molar-refractivity contribution >= 4 is 21.9 Å². The first kappa shape index (κ1) is 11.5. The molecule has 0 amide bonds. The third-order valence-corrected chi connectivity index (χ3v) is 3.15. The number of nitrogens with zero attached hydrogens (tertiary/aromatic N) is 1. The van der Waals surface area contributed by atoms with E-state index in [0.29, 0.717) is 17.6 Å². The van der Waals surface area contributed by atoms with Gasteiger partial charge in [0.05, 0.1) is 6.54 Å². The lowest BCUT2D eigenvalue weighted by atomic mass is 10.1. The molecule has 3 N–H and O–H groups in total. The summed E-state index contributed by atoms with van der Waals surface area (Å²) < 4.78 is 1.79. The number of aromatic hydroxyl groups is 1. The summed E-state index contributed by atoms with van der Waals surface area (Å²) in [5.41, 5.74) is 0.251. The molecular formula is C13H12N3O3+. The van der Waals surface area contributed by atoms with E-state index in [4.69, 9.17) is 0 Å². The molecule has 2 heterocycles. The van der Waals surface area contributed by atoms with Crippen molar-refractivity contribution in [3.63, 3.8) is 0 Å². The Kier molecular flexibility index (Phi) is 2.38. The van der Waals surface area contributed by atoms with E-state index >= 15 is 0 Å². The van der Waals surface area contributed by atoms with Gasteiger partial charge < -0.3 is 5.11 Å². The van der Waals surface area contributed by atoms with Gasteiger partial charge in [0.15, 0.2) is 0 Å². The molecule has 19 heavy (non-hydrogen) atoms. The van der Waals surface area contributed by atoms with E-state index < -0.39 is 11.2 Å². The highest BCUT2D eigenvalue weighted by Crippen LogP contribution is 2.19. The van der Waals surface area contributed by atoms with Crippen LogP contribution < -0.4 is 15.8 Å². The van der Waals surface area contributed by atoms with Crippen molar-refractivity contribution in [1.29, 1.82) is 0 Å². The predicted molar refractivity (Wildman–Crippen MR) is 70.2 cm³/mol. The number of rotatable bonds is 1. The molecule has 0 aliphatic carbocycles. The second kappa shape index (κ2) is 3.94. The maximum absolute atomic E-state index is 11.8. The highest BCUT2D eigenvalue weighted by Gasteiger charge is 2.15. The Morgan fingerprint density at radius 2 is 2.00 bits per heavy atom. The minimum Gasteiger partial charge on any atom is -0.508 e. The molecule has 0 saturated carbocycles. The van der Waals surface area contributed by atoms with E-state index in [2.05, 4.69) is 9.97 Å². The van der Waals surface area contributed by atoms with Gasteiger partial charge in [-0.15, -0.1) is 0 Å². The Labute approximate surface area is 107 Å². The molecule has 96 valence electrons. The molecule has 0 spiro atoms. The van der Waals surface area contributed by atoms with Gasteiger partial charge in [-0.05, 0) is 25.1 Å². The van der Waals surface area contributed by atoms with Crippen LogP contribution in [0.5, 0.6) is 5.75 Å². The predicted octanol–water partition coefficient (Wildman–Crippen LogP) is 0.383. The average Bonchev–Trinajstić information content (AvgIpc) is 2.36.